The second-order valence-corrected chi connectivity index (χ2v) is 6.28. The van der Waals surface area contributed by atoms with E-state index in [4.69, 9.17) is 4.74 Å². The van der Waals surface area contributed by atoms with E-state index in [0.29, 0.717) is 18.8 Å². The summed E-state index contributed by atoms with van der Waals surface area (Å²) in [4.78, 5) is 16.0. The first-order valence-electron chi connectivity index (χ1n) is 8.78. The lowest BCUT2D eigenvalue weighted by molar-refractivity contribution is 0.0590. The highest BCUT2D eigenvalue weighted by molar-refractivity contribution is 5.92. The van der Waals surface area contributed by atoms with Crippen molar-refractivity contribution < 1.29 is 9.53 Å². The summed E-state index contributed by atoms with van der Waals surface area (Å²) in [5.74, 6) is 0.799. The molecule has 132 valence electrons. The van der Waals surface area contributed by atoms with Crippen molar-refractivity contribution in [2.75, 3.05) is 13.1 Å². The van der Waals surface area contributed by atoms with Gasteiger partial charge in [-0.3, -0.25) is 4.79 Å². The molecule has 0 atom stereocenters. The Kier molecular flexibility index (Phi) is 4.64. The van der Waals surface area contributed by atoms with Gasteiger partial charge in [0.05, 0.1) is 11.9 Å². The van der Waals surface area contributed by atoms with E-state index in [1.165, 1.54) is 11.0 Å². The lowest BCUT2D eigenvalue weighted by Gasteiger charge is -2.31. The summed E-state index contributed by atoms with van der Waals surface area (Å²) in [6, 6.07) is 19.4. The largest absolute Gasteiger partial charge is 0.490 e. The maximum Gasteiger partial charge on any atom is 0.276 e. The number of likely N-dealkylation sites (tertiary alicyclic amines) is 1. The molecule has 1 fully saturated rings. The second kappa shape index (κ2) is 7.39. The van der Waals surface area contributed by atoms with Gasteiger partial charge in [0.1, 0.15) is 11.9 Å². The van der Waals surface area contributed by atoms with E-state index in [1.807, 2.05) is 65.6 Å². The van der Waals surface area contributed by atoms with Crippen LogP contribution in [0.15, 0.2) is 66.9 Å². The summed E-state index contributed by atoms with van der Waals surface area (Å²) >= 11 is 0. The smallest absolute Gasteiger partial charge is 0.276 e. The van der Waals surface area contributed by atoms with E-state index in [0.717, 1.165) is 24.3 Å². The van der Waals surface area contributed by atoms with E-state index in [2.05, 4.69) is 10.2 Å². The van der Waals surface area contributed by atoms with Crippen LogP contribution in [-0.2, 0) is 0 Å². The molecule has 0 N–H and O–H groups in total. The average molecular weight is 348 g/mol. The minimum absolute atomic E-state index is 0.0784. The molecule has 0 unspecified atom stereocenters. The highest BCUT2D eigenvalue weighted by atomic mass is 16.5. The number of benzene rings is 2. The molecule has 1 aliphatic heterocycles. The quantitative estimate of drug-likeness (QED) is 0.727. The summed E-state index contributed by atoms with van der Waals surface area (Å²) in [6.45, 7) is 1.32. The molecule has 0 saturated carbocycles. The predicted octanol–water partition coefficient (Wildman–Crippen LogP) is 2.95. The van der Waals surface area contributed by atoms with Crippen molar-refractivity contribution in [3.8, 4) is 11.4 Å². The van der Waals surface area contributed by atoms with Gasteiger partial charge in [0, 0.05) is 25.9 Å². The van der Waals surface area contributed by atoms with Crippen molar-refractivity contribution in [3.63, 3.8) is 0 Å². The van der Waals surface area contributed by atoms with Crippen molar-refractivity contribution in [3.05, 3.63) is 72.6 Å². The van der Waals surface area contributed by atoms with Gasteiger partial charge in [-0.2, -0.15) is 9.90 Å². The number of nitrogens with zero attached hydrogens (tertiary/aromatic N) is 4. The number of aromatic nitrogens is 3. The van der Waals surface area contributed by atoms with Crippen LogP contribution in [-0.4, -0.2) is 45.0 Å². The Morgan fingerprint density at radius 1 is 0.962 bits per heavy atom. The zero-order chi connectivity index (χ0) is 17.8. The van der Waals surface area contributed by atoms with Crippen molar-refractivity contribution in [2.24, 2.45) is 0 Å². The number of hydrogen-bond acceptors (Lipinski definition) is 4. The zero-order valence-corrected chi connectivity index (χ0v) is 14.4. The van der Waals surface area contributed by atoms with Gasteiger partial charge in [-0.1, -0.05) is 36.4 Å². The van der Waals surface area contributed by atoms with Crippen LogP contribution in [0.1, 0.15) is 23.3 Å². The van der Waals surface area contributed by atoms with E-state index in [-0.39, 0.29) is 12.0 Å². The van der Waals surface area contributed by atoms with Gasteiger partial charge in [-0.15, -0.1) is 5.10 Å². The van der Waals surface area contributed by atoms with E-state index in [1.54, 1.807) is 0 Å². The number of hydrogen-bond donors (Lipinski definition) is 0. The van der Waals surface area contributed by atoms with Crippen molar-refractivity contribution in [1.82, 2.24) is 19.9 Å². The van der Waals surface area contributed by atoms with Gasteiger partial charge >= 0.3 is 0 Å². The Balaban J connectivity index is 1.36. The molecule has 0 spiro atoms. The number of carbonyl (C=O) groups excluding carboxylic acids is 1. The molecule has 0 bridgehead atoms. The molecule has 3 aromatic rings. The van der Waals surface area contributed by atoms with Crippen LogP contribution in [0.25, 0.3) is 5.69 Å². The SMILES string of the molecule is O=C(c1cnn(-c2ccccc2)n1)N1CCC(Oc2ccccc2)CC1. The fourth-order valence-electron chi connectivity index (χ4n) is 3.08. The lowest BCUT2D eigenvalue weighted by Crippen LogP contribution is -2.42. The number of carbonyl (C=O) groups is 1. The standard InChI is InChI=1S/C20H20N4O2/c25-20(19-15-21-24(22-19)16-7-3-1-4-8-16)23-13-11-18(12-14-23)26-17-9-5-2-6-10-17/h1-10,15,18H,11-14H2. The third-order valence-corrected chi connectivity index (χ3v) is 4.47. The molecule has 1 saturated heterocycles. The minimum Gasteiger partial charge on any atom is -0.490 e. The van der Waals surface area contributed by atoms with Crippen LogP contribution in [0.2, 0.25) is 0 Å². The molecule has 2 heterocycles. The summed E-state index contributed by atoms with van der Waals surface area (Å²) < 4.78 is 5.98. The number of rotatable bonds is 4. The summed E-state index contributed by atoms with van der Waals surface area (Å²) in [7, 11) is 0. The van der Waals surface area contributed by atoms with E-state index < -0.39 is 0 Å². The third kappa shape index (κ3) is 3.59. The van der Waals surface area contributed by atoms with Crippen LogP contribution in [0, 0.1) is 0 Å². The molecule has 2 aromatic carbocycles. The Morgan fingerprint density at radius 3 is 2.31 bits per heavy atom. The molecule has 26 heavy (non-hydrogen) atoms. The van der Waals surface area contributed by atoms with Crippen LogP contribution < -0.4 is 4.74 Å². The third-order valence-electron chi connectivity index (χ3n) is 4.47. The molecule has 4 rings (SSSR count). The maximum atomic E-state index is 12.7. The molecule has 6 nitrogen and oxygen atoms in total. The fraction of sp³-hybridized carbons (Fsp3) is 0.250. The molecule has 6 heteroatoms. The van der Waals surface area contributed by atoms with Gasteiger partial charge in [0.15, 0.2) is 5.69 Å². The maximum absolute atomic E-state index is 12.7. The van der Waals surface area contributed by atoms with Gasteiger partial charge in [0.2, 0.25) is 0 Å². The van der Waals surface area contributed by atoms with Crippen LogP contribution in [0.5, 0.6) is 5.75 Å². The molecular formula is C20H20N4O2. The van der Waals surface area contributed by atoms with E-state index >= 15 is 0 Å². The highest BCUT2D eigenvalue weighted by Gasteiger charge is 2.26. The van der Waals surface area contributed by atoms with Gasteiger partial charge < -0.3 is 9.64 Å². The number of ether oxygens (including phenoxy) is 1. The average Bonchev–Trinajstić information content (AvgIpc) is 3.20. The first-order chi connectivity index (χ1) is 12.8. The second-order valence-electron chi connectivity index (χ2n) is 6.28. The Bertz CT molecular complexity index is 856. The zero-order valence-electron chi connectivity index (χ0n) is 14.4. The number of piperidine rings is 1. The van der Waals surface area contributed by atoms with Crippen molar-refractivity contribution in [1.29, 1.82) is 0 Å². The van der Waals surface area contributed by atoms with Crippen LogP contribution in [0.4, 0.5) is 0 Å². The first-order valence-corrected chi connectivity index (χ1v) is 8.78. The Hall–Kier alpha value is -3.15. The van der Waals surface area contributed by atoms with Gasteiger partial charge in [-0.05, 0) is 24.3 Å². The van der Waals surface area contributed by atoms with Gasteiger partial charge in [-0.25, -0.2) is 0 Å². The molecule has 1 aliphatic rings. The lowest BCUT2D eigenvalue weighted by atomic mass is 10.1. The molecular weight excluding hydrogens is 328 g/mol. The minimum atomic E-state index is -0.0784. The van der Waals surface area contributed by atoms with Crippen LogP contribution in [0.3, 0.4) is 0 Å². The normalized spacial score (nSPS) is 15.0. The molecule has 1 aromatic heterocycles. The molecule has 0 aliphatic carbocycles. The van der Waals surface area contributed by atoms with Crippen LogP contribution >= 0.6 is 0 Å². The van der Waals surface area contributed by atoms with Crippen molar-refractivity contribution >= 4 is 5.91 Å². The Morgan fingerprint density at radius 2 is 1.62 bits per heavy atom. The van der Waals surface area contributed by atoms with Crippen molar-refractivity contribution in [2.45, 2.75) is 18.9 Å². The monoisotopic (exact) mass is 348 g/mol. The summed E-state index contributed by atoms with van der Waals surface area (Å²) in [6.07, 6.45) is 3.30. The van der Waals surface area contributed by atoms with E-state index in [9.17, 15) is 4.79 Å². The number of para-hydroxylation sites is 2. The fourth-order valence-corrected chi connectivity index (χ4v) is 3.08. The molecule has 1 amide bonds. The Labute approximate surface area is 152 Å². The predicted molar refractivity (Wildman–Crippen MR) is 97.4 cm³/mol. The van der Waals surface area contributed by atoms with Gasteiger partial charge in [0.25, 0.3) is 5.91 Å². The highest BCUT2D eigenvalue weighted by Crippen LogP contribution is 2.19. The molecule has 0 radical (unpaired) electrons. The summed E-state index contributed by atoms with van der Waals surface area (Å²) in [5, 5.41) is 8.53. The topological polar surface area (TPSA) is 60.2 Å². The summed E-state index contributed by atoms with van der Waals surface area (Å²) in [5.41, 5.74) is 1.21. The number of amides is 1. The first kappa shape index (κ1) is 16.3.